The molecule has 0 saturated heterocycles. The van der Waals surface area contributed by atoms with Crippen molar-refractivity contribution in [2.24, 2.45) is 5.11 Å². The summed E-state index contributed by atoms with van der Waals surface area (Å²) in [5.41, 5.74) is 14.4. The number of nitrogens with zero attached hydrogens (tertiary/aromatic N) is 3. The van der Waals surface area contributed by atoms with E-state index < -0.39 is 6.09 Å². The predicted octanol–water partition coefficient (Wildman–Crippen LogP) is 5.45. The lowest BCUT2D eigenvalue weighted by molar-refractivity contribution is 0.139. The molecule has 6 nitrogen and oxygen atoms in total. The summed E-state index contributed by atoms with van der Waals surface area (Å²) in [6, 6.07) is 25.9. The van der Waals surface area contributed by atoms with Gasteiger partial charge in [0.05, 0.1) is 0 Å². The molecule has 0 aromatic heterocycles. The van der Waals surface area contributed by atoms with Crippen LogP contribution in [0.25, 0.3) is 21.6 Å². The van der Waals surface area contributed by atoms with E-state index >= 15 is 0 Å². The maximum Gasteiger partial charge on any atom is 0.407 e. The van der Waals surface area contributed by atoms with E-state index in [4.69, 9.17) is 10.3 Å². The largest absolute Gasteiger partial charge is 0.449 e. The van der Waals surface area contributed by atoms with Gasteiger partial charge in [0.15, 0.2) is 0 Å². The minimum Gasteiger partial charge on any atom is -0.449 e. The second-order valence-corrected chi connectivity index (χ2v) is 7.27. The fourth-order valence-electron chi connectivity index (χ4n) is 4.00. The Hall–Kier alpha value is -3.76. The third-order valence-corrected chi connectivity index (χ3v) is 5.36. The molecule has 4 rings (SSSR count). The van der Waals surface area contributed by atoms with Gasteiger partial charge in [0.25, 0.3) is 0 Å². The number of rotatable bonds is 7. The summed E-state index contributed by atoms with van der Waals surface area (Å²) in [4.78, 5) is 15.3. The molecule has 0 fully saturated rings. The van der Waals surface area contributed by atoms with Crippen molar-refractivity contribution < 1.29 is 9.53 Å². The molecule has 0 heterocycles. The lowest BCUT2D eigenvalue weighted by Gasteiger charge is -2.19. The third kappa shape index (κ3) is 4.29. The summed E-state index contributed by atoms with van der Waals surface area (Å²) in [5.74, 6) is 0.00727. The highest BCUT2D eigenvalue weighted by atomic mass is 16.5. The molecule has 3 aromatic carbocycles. The minimum atomic E-state index is -0.508. The Labute approximate surface area is 175 Å². The molecule has 3 aromatic rings. The Balaban J connectivity index is 1.43. The summed E-state index contributed by atoms with van der Waals surface area (Å²) in [7, 11) is 0. The molecule has 1 aliphatic carbocycles. The fourth-order valence-corrected chi connectivity index (χ4v) is 4.00. The number of nitrogens with one attached hydrogen (secondary N) is 1. The van der Waals surface area contributed by atoms with Crippen LogP contribution in [-0.4, -0.2) is 25.3 Å². The highest BCUT2D eigenvalue weighted by molar-refractivity contribution is 5.79. The molecule has 1 amide bonds. The van der Waals surface area contributed by atoms with E-state index in [1.165, 1.54) is 22.3 Å². The van der Waals surface area contributed by atoms with Gasteiger partial charge >= 0.3 is 6.09 Å². The smallest absolute Gasteiger partial charge is 0.407 e. The first-order chi connectivity index (χ1) is 14.8. The third-order valence-electron chi connectivity index (χ3n) is 5.36. The van der Waals surface area contributed by atoms with Crippen molar-refractivity contribution in [3.8, 4) is 11.1 Å². The number of amides is 1. The molecule has 0 radical (unpaired) electrons. The van der Waals surface area contributed by atoms with Crippen LogP contribution in [-0.2, 0) is 11.2 Å². The first-order valence-corrected chi connectivity index (χ1v) is 9.92. The molecule has 1 N–H and O–H groups in total. The highest BCUT2D eigenvalue weighted by Crippen LogP contribution is 2.44. The molecule has 0 saturated carbocycles. The monoisotopic (exact) mass is 398 g/mol. The Morgan fingerprint density at radius 1 is 0.967 bits per heavy atom. The number of carbonyl (C=O) groups is 1. The van der Waals surface area contributed by atoms with Crippen molar-refractivity contribution in [3.63, 3.8) is 0 Å². The lowest BCUT2D eigenvalue weighted by atomic mass is 9.98. The molecule has 0 aliphatic heterocycles. The van der Waals surface area contributed by atoms with Gasteiger partial charge in [0.1, 0.15) is 6.61 Å². The summed E-state index contributed by atoms with van der Waals surface area (Å²) in [6.07, 6.45) is 0.0512. The molecule has 150 valence electrons. The maximum absolute atomic E-state index is 12.5. The van der Waals surface area contributed by atoms with Gasteiger partial charge in [0, 0.05) is 23.4 Å². The summed E-state index contributed by atoms with van der Waals surface area (Å²) >= 11 is 0. The molecule has 1 atom stereocenters. The topological polar surface area (TPSA) is 87.1 Å². The second kappa shape index (κ2) is 9.16. The van der Waals surface area contributed by atoms with Crippen LogP contribution in [0.4, 0.5) is 4.79 Å². The van der Waals surface area contributed by atoms with Gasteiger partial charge in [-0.1, -0.05) is 84.0 Å². The number of azide groups is 1. The van der Waals surface area contributed by atoms with E-state index in [1.54, 1.807) is 0 Å². The van der Waals surface area contributed by atoms with Gasteiger partial charge in [-0.15, -0.1) is 0 Å². The maximum atomic E-state index is 12.5. The Bertz CT molecular complexity index is 1030. The summed E-state index contributed by atoms with van der Waals surface area (Å²) in [6.45, 7) is 0.412. The number of carbonyl (C=O) groups excluding carboxylic acids is 1. The van der Waals surface area contributed by atoms with Gasteiger partial charge in [-0.25, -0.2) is 4.79 Å². The van der Waals surface area contributed by atoms with Crippen LogP contribution in [0, 0.1) is 0 Å². The van der Waals surface area contributed by atoms with Crippen molar-refractivity contribution in [1.82, 2.24) is 5.32 Å². The SMILES string of the molecule is [N-]=[N+]=NC[C@H](Cc1ccccc1)NC(=O)OCC1c2ccccc2-c2ccccc21. The number of hydrogen-bond acceptors (Lipinski definition) is 3. The summed E-state index contributed by atoms with van der Waals surface area (Å²) < 4.78 is 5.60. The highest BCUT2D eigenvalue weighted by Gasteiger charge is 2.29. The summed E-state index contributed by atoms with van der Waals surface area (Å²) in [5, 5.41) is 6.47. The van der Waals surface area contributed by atoms with Gasteiger partial charge < -0.3 is 10.1 Å². The first-order valence-electron chi connectivity index (χ1n) is 9.92. The van der Waals surface area contributed by atoms with Crippen molar-refractivity contribution in [3.05, 3.63) is 106 Å². The van der Waals surface area contributed by atoms with Crippen LogP contribution in [0.1, 0.15) is 22.6 Å². The number of ether oxygens (including phenoxy) is 1. The van der Waals surface area contributed by atoms with E-state index in [-0.39, 0.29) is 25.1 Å². The molecule has 1 aliphatic rings. The van der Waals surface area contributed by atoms with E-state index in [0.717, 1.165) is 5.56 Å². The van der Waals surface area contributed by atoms with Crippen molar-refractivity contribution in [2.75, 3.05) is 13.2 Å². The van der Waals surface area contributed by atoms with Crippen LogP contribution in [0.5, 0.6) is 0 Å². The number of hydrogen-bond donors (Lipinski definition) is 1. The zero-order chi connectivity index (χ0) is 20.8. The van der Waals surface area contributed by atoms with Crippen LogP contribution >= 0.6 is 0 Å². The molecular formula is C24H22N4O2. The van der Waals surface area contributed by atoms with Crippen LogP contribution in [0.2, 0.25) is 0 Å². The average Bonchev–Trinajstić information content (AvgIpc) is 3.10. The van der Waals surface area contributed by atoms with E-state index in [0.29, 0.717) is 6.42 Å². The zero-order valence-corrected chi connectivity index (χ0v) is 16.4. The van der Waals surface area contributed by atoms with Crippen LogP contribution < -0.4 is 5.32 Å². The van der Waals surface area contributed by atoms with Crippen molar-refractivity contribution in [2.45, 2.75) is 18.4 Å². The standard InChI is InChI=1S/C24H22N4O2/c25-28-26-15-18(14-17-8-2-1-3-9-17)27-24(29)30-16-23-21-12-6-4-10-19(21)20-11-5-7-13-22(20)23/h1-13,18,23H,14-16H2,(H,27,29)/t18-/m0/s1. The van der Waals surface area contributed by atoms with Crippen LogP contribution in [0.15, 0.2) is 84.0 Å². The number of fused-ring (bicyclic) bond motifs is 3. The average molecular weight is 398 g/mol. The predicted molar refractivity (Wildman–Crippen MR) is 116 cm³/mol. The van der Waals surface area contributed by atoms with Gasteiger partial charge in [0.2, 0.25) is 0 Å². The quantitative estimate of drug-likeness (QED) is 0.326. The molecule has 30 heavy (non-hydrogen) atoms. The Morgan fingerprint density at radius 3 is 2.20 bits per heavy atom. The van der Waals surface area contributed by atoms with Gasteiger partial charge in [-0.3, -0.25) is 0 Å². The molecule has 0 bridgehead atoms. The Morgan fingerprint density at radius 2 is 1.57 bits per heavy atom. The van der Waals surface area contributed by atoms with Gasteiger partial charge in [-0.2, -0.15) is 0 Å². The first kappa shape index (κ1) is 19.6. The molecule has 0 unspecified atom stereocenters. The molecule has 0 spiro atoms. The van der Waals surface area contributed by atoms with E-state index in [1.807, 2.05) is 54.6 Å². The van der Waals surface area contributed by atoms with Crippen molar-refractivity contribution in [1.29, 1.82) is 0 Å². The Kier molecular flexibility index (Phi) is 5.97. The van der Waals surface area contributed by atoms with E-state index in [9.17, 15) is 4.79 Å². The minimum absolute atomic E-state index is 0.00727. The zero-order valence-electron chi connectivity index (χ0n) is 16.4. The fraction of sp³-hybridized carbons (Fsp3) is 0.208. The van der Waals surface area contributed by atoms with Crippen LogP contribution in [0.3, 0.4) is 0 Å². The van der Waals surface area contributed by atoms with Crippen molar-refractivity contribution >= 4 is 6.09 Å². The number of benzene rings is 3. The molecule has 6 heteroatoms. The second-order valence-electron chi connectivity index (χ2n) is 7.27. The van der Waals surface area contributed by atoms with E-state index in [2.05, 4.69) is 39.6 Å². The van der Waals surface area contributed by atoms with Gasteiger partial charge in [-0.05, 0) is 39.8 Å². The number of alkyl carbamates (subject to hydrolysis) is 1. The normalized spacial score (nSPS) is 12.9. The molecular weight excluding hydrogens is 376 g/mol. The lowest BCUT2D eigenvalue weighted by Crippen LogP contribution is -2.39.